The number of anilines is 1. The lowest BCUT2D eigenvalue weighted by Gasteiger charge is -2.32. The van der Waals surface area contributed by atoms with Gasteiger partial charge in [-0.3, -0.25) is 4.79 Å². The van der Waals surface area contributed by atoms with Crippen molar-refractivity contribution in [1.29, 1.82) is 5.26 Å². The second kappa shape index (κ2) is 5.05. The first-order chi connectivity index (χ1) is 10.7. The molecule has 1 aliphatic heterocycles. The lowest BCUT2D eigenvalue weighted by atomic mass is 9.80. The van der Waals surface area contributed by atoms with Crippen molar-refractivity contribution in [3.8, 4) is 6.07 Å². The van der Waals surface area contributed by atoms with Gasteiger partial charge in [0.15, 0.2) is 0 Å². The van der Waals surface area contributed by atoms with Crippen molar-refractivity contribution in [2.24, 2.45) is 5.41 Å². The van der Waals surface area contributed by atoms with Crippen LogP contribution in [0.15, 0.2) is 18.3 Å². The van der Waals surface area contributed by atoms with Gasteiger partial charge in [0.1, 0.15) is 11.2 Å². The van der Waals surface area contributed by atoms with Crippen LogP contribution in [0.5, 0.6) is 0 Å². The number of hydrogen-bond acceptors (Lipinski definition) is 5. The summed E-state index contributed by atoms with van der Waals surface area (Å²) in [5, 5.41) is 11.8. The number of rotatable bonds is 3. The van der Waals surface area contributed by atoms with Gasteiger partial charge in [-0.1, -0.05) is 0 Å². The Bertz CT molecular complexity index is 676. The fraction of sp³-hybridized carbons (Fsp3) is 0.562. The summed E-state index contributed by atoms with van der Waals surface area (Å²) in [6, 6.07) is 5.60. The lowest BCUT2D eigenvalue weighted by molar-refractivity contribution is -0.119. The van der Waals surface area contributed by atoms with E-state index in [2.05, 4.69) is 16.4 Å². The molecule has 1 saturated heterocycles. The fourth-order valence-electron chi connectivity index (χ4n) is 2.39. The summed E-state index contributed by atoms with van der Waals surface area (Å²) < 4.78 is 12.0. The van der Waals surface area contributed by atoms with Gasteiger partial charge in [0.05, 0.1) is 17.3 Å². The summed E-state index contributed by atoms with van der Waals surface area (Å²) in [5.41, 5.74) is -0.940. The van der Waals surface area contributed by atoms with Crippen LogP contribution in [0.25, 0.3) is 0 Å². The van der Waals surface area contributed by atoms with Crippen LogP contribution in [0.2, 0.25) is 0 Å². The Morgan fingerprint density at radius 1 is 1.30 bits per heavy atom. The van der Waals surface area contributed by atoms with E-state index in [4.69, 9.17) is 14.6 Å². The molecule has 3 rings (SSSR count). The number of pyridine rings is 1. The number of hydrogen-bond donors (Lipinski definition) is 1. The molecular weight excluding hydrogens is 293 g/mol. The van der Waals surface area contributed by atoms with Crippen molar-refractivity contribution in [3.05, 3.63) is 18.3 Å². The second-order valence-corrected chi connectivity index (χ2v) is 7.21. The Morgan fingerprint density at radius 2 is 1.91 bits per heavy atom. The van der Waals surface area contributed by atoms with Crippen molar-refractivity contribution >= 4 is 24.3 Å². The summed E-state index contributed by atoms with van der Waals surface area (Å²) in [7, 11) is -0.510. The minimum atomic E-state index is -0.873. The largest absolute Gasteiger partial charge is 0.495 e. The summed E-state index contributed by atoms with van der Waals surface area (Å²) in [5.74, 6) is 0.113. The number of aromatic nitrogens is 1. The number of carbonyl (C=O) groups is 1. The Kier molecular flexibility index (Phi) is 3.51. The molecule has 2 fully saturated rings. The maximum atomic E-state index is 12.1. The van der Waals surface area contributed by atoms with Gasteiger partial charge in [0.2, 0.25) is 5.91 Å². The summed E-state index contributed by atoms with van der Waals surface area (Å²) >= 11 is 0. The predicted molar refractivity (Wildman–Crippen MR) is 85.9 cm³/mol. The van der Waals surface area contributed by atoms with E-state index in [0.29, 0.717) is 18.7 Å². The minimum absolute atomic E-state index is 0.293. The van der Waals surface area contributed by atoms with E-state index in [1.165, 1.54) is 0 Å². The van der Waals surface area contributed by atoms with Gasteiger partial charge in [0, 0.05) is 6.20 Å². The molecule has 1 aromatic heterocycles. The molecule has 1 amide bonds. The molecule has 0 aromatic carbocycles. The first kappa shape index (κ1) is 16.0. The zero-order valence-electron chi connectivity index (χ0n) is 13.8. The Hall–Kier alpha value is -1.91. The third-order valence-corrected chi connectivity index (χ3v) is 4.95. The van der Waals surface area contributed by atoms with Gasteiger partial charge in [-0.05, 0) is 58.1 Å². The van der Waals surface area contributed by atoms with Gasteiger partial charge in [-0.25, -0.2) is 4.98 Å². The highest BCUT2D eigenvalue weighted by Gasteiger charge is 2.52. The molecule has 1 aliphatic carbocycles. The standard InChI is InChI=1S/C16H20BN3O3/c1-14(2)15(3,4)23-17(22-14)11-5-8-19-12(9-11)20-13(21)16(10-18)6-7-16/h5,8-9H,6-7H2,1-4H3,(H,19,20,21). The van der Waals surface area contributed by atoms with E-state index in [0.717, 1.165) is 5.46 Å². The number of carbonyl (C=O) groups excluding carboxylic acids is 1. The smallest absolute Gasteiger partial charge is 0.399 e. The topological polar surface area (TPSA) is 84.2 Å². The van der Waals surface area contributed by atoms with Crippen LogP contribution in [0.4, 0.5) is 5.82 Å². The van der Waals surface area contributed by atoms with E-state index >= 15 is 0 Å². The molecule has 120 valence electrons. The molecule has 0 radical (unpaired) electrons. The van der Waals surface area contributed by atoms with Gasteiger partial charge < -0.3 is 14.6 Å². The molecule has 0 atom stereocenters. The maximum Gasteiger partial charge on any atom is 0.495 e. The molecule has 23 heavy (non-hydrogen) atoms. The van der Waals surface area contributed by atoms with Crippen LogP contribution in [-0.2, 0) is 14.1 Å². The summed E-state index contributed by atoms with van der Waals surface area (Å²) in [6.07, 6.45) is 2.81. The van der Waals surface area contributed by atoms with Gasteiger partial charge in [-0.2, -0.15) is 5.26 Å². The highest BCUT2D eigenvalue weighted by molar-refractivity contribution is 6.62. The molecule has 6 nitrogen and oxygen atoms in total. The average molecular weight is 313 g/mol. The Labute approximate surface area is 136 Å². The highest BCUT2D eigenvalue weighted by atomic mass is 16.7. The summed E-state index contributed by atoms with van der Waals surface area (Å²) in [4.78, 5) is 16.3. The SMILES string of the molecule is CC1(C)OB(c2ccnc(NC(=O)C3(C#N)CC3)c2)OC1(C)C. The molecule has 7 heteroatoms. The first-order valence-corrected chi connectivity index (χ1v) is 7.73. The third kappa shape index (κ3) is 2.73. The van der Waals surface area contributed by atoms with E-state index in [1.807, 2.05) is 27.7 Å². The van der Waals surface area contributed by atoms with Crippen molar-refractivity contribution < 1.29 is 14.1 Å². The van der Waals surface area contributed by atoms with E-state index in [-0.39, 0.29) is 5.91 Å². The molecule has 1 aromatic rings. The molecular formula is C16H20BN3O3. The third-order valence-electron chi connectivity index (χ3n) is 4.95. The second-order valence-electron chi connectivity index (χ2n) is 7.21. The van der Waals surface area contributed by atoms with Crippen LogP contribution in [0.1, 0.15) is 40.5 Å². The number of nitrogens with one attached hydrogen (secondary N) is 1. The van der Waals surface area contributed by atoms with Crippen molar-refractivity contribution in [2.45, 2.75) is 51.7 Å². The van der Waals surface area contributed by atoms with Crippen molar-refractivity contribution in [2.75, 3.05) is 5.32 Å². The molecule has 2 aliphatic rings. The number of amides is 1. The lowest BCUT2D eigenvalue weighted by Crippen LogP contribution is -2.41. The van der Waals surface area contributed by atoms with Gasteiger partial charge in [-0.15, -0.1) is 0 Å². The van der Waals surface area contributed by atoms with Crippen LogP contribution < -0.4 is 10.8 Å². The van der Waals surface area contributed by atoms with E-state index < -0.39 is 23.7 Å². The van der Waals surface area contributed by atoms with Crippen LogP contribution in [0, 0.1) is 16.7 Å². The first-order valence-electron chi connectivity index (χ1n) is 7.73. The normalized spacial score (nSPS) is 23.2. The average Bonchev–Trinajstić information content (AvgIpc) is 3.23. The maximum absolute atomic E-state index is 12.1. The van der Waals surface area contributed by atoms with E-state index in [9.17, 15) is 4.79 Å². The molecule has 1 saturated carbocycles. The zero-order valence-corrected chi connectivity index (χ0v) is 13.8. The van der Waals surface area contributed by atoms with Crippen LogP contribution in [-0.4, -0.2) is 29.2 Å². The molecule has 2 heterocycles. The van der Waals surface area contributed by atoms with Crippen molar-refractivity contribution in [1.82, 2.24) is 4.98 Å². The van der Waals surface area contributed by atoms with E-state index in [1.54, 1.807) is 18.3 Å². The van der Waals surface area contributed by atoms with Crippen molar-refractivity contribution in [3.63, 3.8) is 0 Å². The zero-order chi connectivity index (χ0) is 16.9. The summed E-state index contributed by atoms with van der Waals surface area (Å²) in [6.45, 7) is 7.95. The predicted octanol–water partition coefficient (Wildman–Crippen LogP) is 1.62. The number of nitriles is 1. The van der Waals surface area contributed by atoms with Gasteiger partial charge in [0.25, 0.3) is 0 Å². The Balaban J connectivity index is 1.77. The quantitative estimate of drug-likeness (QED) is 0.857. The fourth-order valence-corrected chi connectivity index (χ4v) is 2.39. The number of nitrogens with zero attached hydrogens (tertiary/aromatic N) is 2. The Morgan fingerprint density at radius 3 is 2.43 bits per heavy atom. The van der Waals surface area contributed by atoms with Gasteiger partial charge >= 0.3 is 7.12 Å². The molecule has 0 bridgehead atoms. The minimum Gasteiger partial charge on any atom is -0.399 e. The molecule has 0 spiro atoms. The molecule has 1 N–H and O–H groups in total. The van der Waals surface area contributed by atoms with Crippen LogP contribution >= 0.6 is 0 Å². The van der Waals surface area contributed by atoms with Crippen LogP contribution in [0.3, 0.4) is 0 Å². The monoisotopic (exact) mass is 313 g/mol. The molecule has 0 unspecified atom stereocenters. The highest BCUT2D eigenvalue weighted by Crippen LogP contribution is 2.45.